The first-order valence-corrected chi connectivity index (χ1v) is 14.1. The highest BCUT2D eigenvalue weighted by Crippen LogP contribution is 2.41. The quantitative estimate of drug-likeness (QED) is 0.445. The first-order valence-electron chi connectivity index (χ1n) is 13.8. The van der Waals surface area contributed by atoms with E-state index in [1.165, 1.54) is 6.08 Å². The van der Waals surface area contributed by atoms with Crippen LogP contribution in [0.15, 0.2) is 61.3 Å². The molecule has 1 saturated heterocycles. The van der Waals surface area contributed by atoms with Gasteiger partial charge in [0.05, 0.1) is 23.3 Å². The smallest absolute Gasteiger partial charge is 0.326 e. The molecular weight excluding hydrogens is 540 g/mol. The Hall–Kier alpha value is -4.15. The summed E-state index contributed by atoms with van der Waals surface area (Å²) < 4.78 is 0. The normalized spacial score (nSPS) is 19.1. The number of para-hydroxylation sites is 1. The number of nitrogens with one attached hydrogen (secondary N) is 1. The molecule has 2 aromatic carbocycles. The Morgan fingerprint density at radius 3 is 2.63 bits per heavy atom. The lowest BCUT2D eigenvalue weighted by atomic mass is 9.94. The van der Waals surface area contributed by atoms with Crippen molar-refractivity contribution in [3.63, 3.8) is 0 Å². The van der Waals surface area contributed by atoms with Crippen molar-refractivity contribution in [2.45, 2.75) is 19.0 Å². The van der Waals surface area contributed by atoms with Gasteiger partial charge in [0.1, 0.15) is 5.82 Å². The standard InChI is InChI=1S/C30H33ClN8O2/c1-4-27(40)38-12-11-26(22-7-5-6-8-25(22)38)39-19-20-18-32-29(34-28(20)36(3)30(39)41)33-24-10-9-21(17-23(24)31)37-15-13-35(2)14-16-37/h4-10,17-18,26H,1,11-16,19H2,2-3H3,(H,32,33,34). The number of aromatic nitrogens is 2. The topological polar surface area (TPSA) is 88.2 Å². The minimum absolute atomic E-state index is 0.147. The van der Waals surface area contributed by atoms with Gasteiger partial charge < -0.3 is 24.9 Å². The first-order chi connectivity index (χ1) is 19.8. The molecule has 41 heavy (non-hydrogen) atoms. The third-order valence-corrected chi connectivity index (χ3v) is 8.44. The van der Waals surface area contributed by atoms with Gasteiger partial charge in [-0.15, -0.1) is 0 Å². The Morgan fingerprint density at radius 2 is 1.88 bits per heavy atom. The molecule has 11 heteroatoms. The molecule has 3 aliphatic rings. The summed E-state index contributed by atoms with van der Waals surface area (Å²) in [6, 6.07) is 13.4. The number of likely N-dealkylation sites (N-methyl/N-ethyl adjacent to an activating group) is 1. The number of carbonyl (C=O) groups is 2. The Kier molecular flexibility index (Phi) is 7.27. The lowest BCUT2D eigenvalue weighted by Gasteiger charge is -2.43. The minimum Gasteiger partial charge on any atom is -0.369 e. The predicted molar refractivity (Wildman–Crippen MR) is 162 cm³/mol. The number of piperazine rings is 1. The lowest BCUT2D eigenvalue weighted by molar-refractivity contribution is -0.114. The van der Waals surface area contributed by atoms with Gasteiger partial charge >= 0.3 is 6.03 Å². The largest absolute Gasteiger partial charge is 0.369 e. The van der Waals surface area contributed by atoms with Crippen LogP contribution in [0.2, 0.25) is 5.02 Å². The summed E-state index contributed by atoms with van der Waals surface area (Å²) in [5.74, 6) is 0.778. The molecule has 3 aliphatic heterocycles. The molecule has 4 heterocycles. The van der Waals surface area contributed by atoms with Gasteiger partial charge in [0.2, 0.25) is 11.9 Å². The molecule has 3 aromatic rings. The fourth-order valence-electron chi connectivity index (χ4n) is 5.83. The van der Waals surface area contributed by atoms with Gasteiger partial charge in [-0.05, 0) is 49.4 Å². The van der Waals surface area contributed by atoms with Crippen LogP contribution in [-0.4, -0.2) is 78.5 Å². The maximum Gasteiger partial charge on any atom is 0.326 e. The number of hydrogen-bond acceptors (Lipinski definition) is 7. The molecule has 0 bridgehead atoms. The Labute approximate surface area is 244 Å². The number of nitrogens with zero attached hydrogens (tertiary/aromatic N) is 7. The zero-order chi connectivity index (χ0) is 28.7. The van der Waals surface area contributed by atoms with Crippen LogP contribution >= 0.6 is 11.6 Å². The van der Waals surface area contributed by atoms with Gasteiger partial charge in [-0.3, -0.25) is 9.69 Å². The number of benzene rings is 2. The fourth-order valence-corrected chi connectivity index (χ4v) is 6.05. The SMILES string of the molecule is C=CC(=O)N1CCC(N2Cc3cnc(Nc4ccc(N5CCN(C)CC5)cc4Cl)nc3N(C)C2=O)c2ccccc21. The van der Waals surface area contributed by atoms with Crippen LogP contribution in [0.4, 0.5) is 33.6 Å². The van der Waals surface area contributed by atoms with Gasteiger partial charge in [-0.1, -0.05) is 36.4 Å². The molecule has 1 fully saturated rings. The molecule has 0 spiro atoms. The molecule has 0 radical (unpaired) electrons. The Bertz CT molecular complexity index is 1510. The average Bonchev–Trinajstić information content (AvgIpc) is 2.99. The Balaban J connectivity index is 1.21. The van der Waals surface area contributed by atoms with Crippen molar-refractivity contribution >= 4 is 52.4 Å². The number of halogens is 1. The van der Waals surface area contributed by atoms with E-state index in [1.54, 1.807) is 23.0 Å². The van der Waals surface area contributed by atoms with Crippen LogP contribution in [0.1, 0.15) is 23.6 Å². The summed E-state index contributed by atoms with van der Waals surface area (Å²) in [6.45, 7) is 8.46. The second-order valence-electron chi connectivity index (χ2n) is 10.6. The number of urea groups is 1. The molecule has 1 atom stereocenters. The van der Waals surface area contributed by atoms with Gasteiger partial charge in [-0.2, -0.15) is 4.98 Å². The maximum atomic E-state index is 13.6. The van der Waals surface area contributed by atoms with E-state index in [0.29, 0.717) is 42.0 Å². The summed E-state index contributed by atoms with van der Waals surface area (Å²) >= 11 is 6.65. The number of anilines is 5. The van der Waals surface area contributed by atoms with Gasteiger partial charge in [0, 0.05) is 62.9 Å². The van der Waals surface area contributed by atoms with E-state index in [9.17, 15) is 9.59 Å². The highest BCUT2D eigenvalue weighted by Gasteiger charge is 2.38. The molecule has 212 valence electrons. The molecule has 1 N–H and O–H groups in total. The van der Waals surface area contributed by atoms with Crippen molar-refractivity contribution in [3.05, 3.63) is 77.5 Å². The van der Waals surface area contributed by atoms with Crippen molar-refractivity contribution in [3.8, 4) is 0 Å². The molecule has 0 aliphatic carbocycles. The van der Waals surface area contributed by atoms with E-state index < -0.39 is 0 Å². The van der Waals surface area contributed by atoms with Gasteiger partial charge in [-0.25, -0.2) is 9.78 Å². The lowest BCUT2D eigenvalue weighted by Crippen LogP contribution is -2.49. The fraction of sp³-hybridized carbons (Fsp3) is 0.333. The summed E-state index contributed by atoms with van der Waals surface area (Å²) in [6.07, 6.45) is 3.70. The highest BCUT2D eigenvalue weighted by molar-refractivity contribution is 6.33. The van der Waals surface area contributed by atoms with Gasteiger partial charge in [0.15, 0.2) is 0 Å². The van der Waals surface area contributed by atoms with E-state index in [2.05, 4.69) is 44.8 Å². The van der Waals surface area contributed by atoms with Crippen LogP contribution in [-0.2, 0) is 11.3 Å². The zero-order valence-corrected chi connectivity index (χ0v) is 24.0. The van der Waals surface area contributed by atoms with E-state index in [0.717, 1.165) is 48.7 Å². The van der Waals surface area contributed by atoms with E-state index >= 15 is 0 Å². The molecule has 6 rings (SSSR count). The second-order valence-corrected chi connectivity index (χ2v) is 11.1. The average molecular weight is 573 g/mol. The zero-order valence-electron chi connectivity index (χ0n) is 23.3. The van der Waals surface area contributed by atoms with E-state index in [-0.39, 0.29) is 18.0 Å². The van der Waals surface area contributed by atoms with Crippen molar-refractivity contribution in [2.24, 2.45) is 0 Å². The number of carbonyl (C=O) groups excluding carboxylic acids is 2. The van der Waals surface area contributed by atoms with Crippen LogP contribution in [0, 0.1) is 0 Å². The number of rotatable bonds is 5. The number of amides is 3. The minimum atomic E-state index is -0.182. The highest BCUT2D eigenvalue weighted by atomic mass is 35.5. The predicted octanol–water partition coefficient (Wildman–Crippen LogP) is 4.66. The third-order valence-electron chi connectivity index (χ3n) is 8.13. The van der Waals surface area contributed by atoms with Crippen LogP contribution in [0.3, 0.4) is 0 Å². The first kappa shape index (κ1) is 27.0. The summed E-state index contributed by atoms with van der Waals surface area (Å²) in [5, 5.41) is 3.81. The van der Waals surface area contributed by atoms with Crippen molar-refractivity contribution in [1.29, 1.82) is 0 Å². The number of hydrogen-bond donors (Lipinski definition) is 1. The van der Waals surface area contributed by atoms with Crippen LogP contribution in [0.25, 0.3) is 0 Å². The van der Waals surface area contributed by atoms with E-state index in [4.69, 9.17) is 11.6 Å². The van der Waals surface area contributed by atoms with E-state index in [1.807, 2.05) is 41.3 Å². The summed E-state index contributed by atoms with van der Waals surface area (Å²) in [5.41, 5.74) is 4.38. The van der Waals surface area contributed by atoms with Gasteiger partial charge in [0.25, 0.3) is 0 Å². The molecule has 0 saturated carbocycles. The van der Waals surface area contributed by atoms with Crippen LogP contribution in [0.5, 0.6) is 0 Å². The summed E-state index contributed by atoms with van der Waals surface area (Å²) in [7, 11) is 3.86. The van der Waals surface area contributed by atoms with Crippen molar-refractivity contribution in [2.75, 3.05) is 66.8 Å². The molecular formula is C30H33ClN8O2. The van der Waals surface area contributed by atoms with Crippen molar-refractivity contribution in [1.82, 2.24) is 19.8 Å². The van der Waals surface area contributed by atoms with Crippen LogP contribution < -0.4 is 20.0 Å². The van der Waals surface area contributed by atoms with Crippen molar-refractivity contribution < 1.29 is 9.59 Å². The monoisotopic (exact) mass is 572 g/mol. The number of fused-ring (bicyclic) bond motifs is 2. The maximum absolute atomic E-state index is 13.6. The third kappa shape index (κ3) is 5.09. The Morgan fingerprint density at radius 1 is 1.10 bits per heavy atom. The molecule has 3 amide bonds. The molecule has 1 aromatic heterocycles. The second kappa shape index (κ2) is 11.0. The molecule has 10 nitrogen and oxygen atoms in total. The molecule has 1 unspecified atom stereocenters. The summed E-state index contributed by atoms with van der Waals surface area (Å²) in [4.78, 5) is 45.1.